The van der Waals surface area contributed by atoms with Crippen molar-refractivity contribution in [3.8, 4) is 0 Å². The van der Waals surface area contributed by atoms with Crippen LogP contribution in [0.4, 0.5) is 5.69 Å². The smallest absolute Gasteiger partial charge is 0.0900 e. The number of nitrogens with zero attached hydrogens (tertiary/aromatic N) is 1. The summed E-state index contributed by atoms with van der Waals surface area (Å²) in [7, 11) is 0. The van der Waals surface area contributed by atoms with Gasteiger partial charge in [-0.25, -0.2) is 4.98 Å². The van der Waals surface area contributed by atoms with Crippen molar-refractivity contribution in [2.75, 3.05) is 5.32 Å². The lowest BCUT2D eigenvalue weighted by atomic mass is 10.1. The van der Waals surface area contributed by atoms with Crippen molar-refractivity contribution in [3.05, 3.63) is 44.9 Å². The molecule has 1 aliphatic rings. The Bertz CT molecular complexity index is 601. The lowest BCUT2D eigenvalue weighted by Crippen LogP contribution is -2.06. The second-order valence-corrected chi connectivity index (χ2v) is 6.62. The normalized spacial score (nSPS) is 15.3. The van der Waals surface area contributed by atoms with Crippen molar-refractivity contribution in [1.82, 2.24) is 4.98 Å². The van der Waals surface area contributed by atoms with Crippen LogP contribution in [0, 0.1) is 13.8 Å². The predicted octanol–water partition coefficient (Wildman–Crippen LogP) is 4.42. The summed E-state index contributed by atoms with van der Waals surface area (Å²) in [6.45, 7) is 6.39. The van der Waals surface area contributed by atoms with Gasteiger partial charge < -0.3 is 5.32 Å². The first kappa shape index (κ1) is 12.7. The van der Waals surface area contributed by atoms with Gasteiger partial charge in [0.2, 0.25) is 0 Å². The van der Waals surface area contributed by atoms with E-state index in [1.807, 2.05) is 0 Å². The van der Waals surface area contributed by atoms with Crippen LogP contribution in [-0.2, 0) is 12.8 Å². The van der Waals surface area contributed by atoms with Crippen molar-refractivity contribution in [2.45, 2.75) is 46.1 Å². The summed E-state index contributed by atoms with van der Waals surface area (Å²) in [6.07, 6.45) is 3.79. The summed E-state index contributed by atoms with van der Waals surface area (Å²) in [6, 6.07) is 7.14. The molecule has 3 rings (SSSR count). The van der Waals surface area contributed by atoms with E-state index in [1.165, 1.54) is 41.0 Å². The maximum atomic E-state index is 4.51. The van der Waals surface area contributed by atoms with E-state index in [0.717, 1.165) is 10.7 Å². The third kappa shape index (κ3) is 2.52. The van der Waals surface area contributed by atoms with Gasteiger partial charge in [0.05, 0.1) is 16.7 Å². The molecule has 1 N–H and O–H groups in total. The fourth-order valence-electron chi connectivity index (χ4n) is 2.93. The van der Waals surface area contributed by atoms with Gasteiger partial charge in [0.1, 0.15) is 0 Å². The molecular weight excluding hydrogens is 252 g/mol. The minimum Gasteiger partial charge on any atom is -0.378 e. The Morgan fingerprint density at radius 2 is 2.00 bits per heavy atom. The van der Waals surface area contributed by atoms with Gasteiger partial charge in [-0.1, -0.05) is 6.07 Å². The molecule has 0 aliphatic heterocycles. The molecule has 19 heavy (non-hydrogen) atoms. The lowest BCUT2D eigenvalue weighted by Gasteiger charge is -2.15. The van der Waals surface area contributed by atoms with E-state index >= 15 is 0 Å². The lowest BCUT2D eigenvalue weighted by molar-refractivity contribution is 0.888. The van der Waals surface area contributed by atoms with Gasteiger partial charge in [-0.2, -0.15) is 0 Å². The SMILES string of the molecule is Cc1nc(C)c(C(C)Nc2ccc3c(c2)CCC3)s1. The molecule has 2 nitrogen and oxygen atoms in total. The van der Waals surface area contributed by atoms with E-state index < -0.39 is 0 Å². The standard InChI is InChI=1S/C16H20N2S/c1-10-16(19-12(3)17-10)11(2)18-15-8-7-13-5-4-6-14(13)9-15/h7-9,11,18H,4-6H2,1-3H3. The van der Waals surface area contributed by atoms with Crippen LogP contribution >= 0.6 is 11.3 Å². The summed E-state index contributed by atoms with van der Waals surface area (Å²) < 4.78 is 0. The molecule has 0 saturated carbocycles. The van der Waals surface area contributed by atoms with E-state index in [-0.39, 0.29) is 0 Å². The number of aromatic nitrogens is 1. The van der Waals surface area contributed by atoms with E-state index in [4.69, 9.17) is 0 Å². The van der Waals surface area contributed by atoms with Gasteiger partial charge in [0, 0.05) is 10.6 Å². The van der Waals surface area contributed by atoms with Crippen molar-refractivity contribution in [2.24, 2.45) is 0 Å². The van der Waals surface area contributed by atoms with Crippen molar-refractivity contribution < 1.29 is 0 Å². The van der Waals surface area contributed by atoms with Gasteiger partial charge in [-0.05, 0) is 63.3 Å². The molecule has 100 valence electrons. The highest BCUT2D eigenvalue weighted by atomic mass is 32.1. The Labute approximate surface area is 118 Å². The highest BCUT2D eigenvalue weighted by Crippen LogP contribution is 2.30. The summed E-state index contributed by atoms with van der Waals surface area (Å²) in [5.74, 6) is 0. The zero-order valence-electron chi connectivity index (χ0n) is 11.8. The number of nitrogens with one attached hydrogen (secondary N) is 1. The fourth-order valence-corrected chi connectivity index (χ4v) is 3.86. The van der Waals surface area contributed by atoms with Gasteiger partial charge in [0.25, 0.3) is 0 Å². The minimum absolute atomic E-state index is 0.325. The summed E-state index contributed by atoms with van der Waals surface area (Å²) in [5.41, 5.74) is 5.44. The van der Waals surface area contributed by atoms with Crippen LogP contribution in [0.5, 0.6) is 0 Å². The number of hydrogen-bond acceptors (Lipinski definition) is 3. The average Bonchev–Trinajstić information content (AvgIpc) is 2.94. The highest BCUT2D eigenvalue weighted by Gasteiger charge is 2.15. The molecule has 1 atom stereocenters. The van der Waals surface area contributed by atoms with Gasteiger partial charge in [-0.15, -0.1) is 11.3 Å². The molecule has 0 bridgehead atoms. The fraction of sp³-hybridized carbons (Fsp3) is 0.438. The Balaban J connectivity index is 1.79. The topological polar surface area (TPSA) is 24.9 Å². The van der Waals surface area contributed by atoms with Crippen molar-refractivity contribution in [1.29, 1.82) is 0 Å². The van der Waals surface area contributed by atoms with E-state index in [2.05, 4.69) is 49.3 Å². The van der Waals surface area contributed by atoms with Crippen LogP contribution in [-0.4, -0.2) is 4.98 Å². The molecule has 0 saturated heterocycles. The number of anilines is 1. The number of thiazole rings is 1. The third-order valence-electron chi connectivity index (χ3n) is 3.81. The van der Waals surface area contributed by atoms with Crippen LogP contribution in [0.25, 0.3) is 0 Å². The maximum Gasteiger partial charge on any atom is 0.0900 e. The third-order valence-corrected chi connectivity index (χ3v) is 5.07. The van der Waals surface area contributed by atoms with Gasteiger partial charge >= 0.3 is 0 Å². The maximum absolute atomic E-state index is 4.51. The Morgan fingerprint density at radius 3 is 2.74 bits per heavy atom. The zero-order chi connectivity index (χ0) is 13.4. The Hall–Kier alpha value is -1.35. The van der Waals surface area contributed by atoms with Crippen LogP contribution in [0.15, 0.2) is 18.2 Å². The van der Waals surface area contributed by atoms with Crippen LogP contribution in [0.3, 0.4) is 0 Å². The first-order valence-electron chi connectivity index (χ1n) is 6.96. The molecule has 0 amide bonds. The molecule has 1 aromatic heterocycles. The van der Waals surface area contributed by atoms with Crippen LogP contribution < -0.4 is 5.32 Å². The molecule has 2 aromatic rings. The van der Waals surface area contributed by atoms with Gasteiger partial charge in [0.15, 0.2) is 0 Å². The first-order valence-corrected chi connectivity index (χ1v) is 7.77. The molecule has 3 heteroatoms. The second kappa shape index (κ2) is 4.97. The number of rotatable bonds is 3. The van der Waals surface area contributed by atoms with E-state index in [1.54, 1.807) is 11.3 Å². The largest absolute Gasteiger partial charge is 0.378 e. The Morgan fingerprint density at radius 1 is 1.21 bits per heavy atom. The number of fused-ring (bicyclic) bond motifs is 1. The predicted molar refractivity (Wildman–Crippen MR) is 82.1 cm³/mol. The van der Waals surface area contributed by atoms with Crippen molar-refractivity contribution >= 4 is 17.0 Å². The average molecular weight is 272 g/mol. The number of aryl methyl sites for hydroxylation is 4. The monoisotopic (exact) mass is 272 g/mol. The summed E-state index contributed by atoms with van der Waals surface area (Å²) in [5, 5.41) is 4.76. The second-order valence-electron chi connectivity index (χ2n) is 5.39. The Kier molecular flexibility index (Phi) is 3.31. The minimum atomic E-state index is 0.325. The zero-order valence-corrected chi connectivity index (χ0v) is 12.6. The molecule has 0 fully saturated rings. The molecule has 1 heterocycles. The molecule has 1 aromatic carbocycles. The summed E-state index contributed by atoms with van der Waals surface area (Å²) in [4.78, 5) is 5.86. The van der Waals surface area contributed by atoms with Crippen LogP contribution in [0.2, 0.25) is 0 Å². The quantitative estimate of drug-likeness (QED) is 0.894. The molecule has 1 unspecified atom stereocenters. The number of benzene rings is 1. The molecule has 0 spiro atoms. The molecular formula is C16H20N2S. The molecule has 0 radical (unpaired) electrons. The summed E-state index contributed by atoms with van der Waals surface area (Å²) >= 11 is 1.79. The van der Waals surface area contributed by atoms with E-state index in [0.29, 0.717) is 6.04 Å². The highest BCUT2D eigenvalue weighted by molar-refractivity contribution is 7.11. The van der Waals surface area contributed by atoms with Crippen LogP contribution in [0.1, 0.15) is 46.1 Å². The van der Waals surface area contributed by atoms with Gasteiger partial charge in [-0.3, -0.25) is 0 Å². The van der Waals surface area contributed by atoms with Crippen molar-refractivity contribution in [3.63, 3.8) is 0 Å². The van der Waals surface area contributed by atoms with E-state index in [9.17, 15) is 0 Å². The first-order chi connectivity index (χ1) is 9.13. The molecule has 1 aliphatic carbocycles. The number of hydrogen-bond donors (Lipinski definition) is 1.